The first-order valence-corrected chi connectivity index (χ1v) is 6.32. The van der Waals surface area contributed by atoms with Gasteiger partial charge in [0.1, 0.15) is 5.75 Å². The van der Waals surface area contributed by atoms with Gasteiger partial charge in [-0.2, -0.15) is 0 Å². The molecular formula is C12H17BrN2O. The number of methoxy groups -OCH3 is 1. The fourth-order valence-corrected chi connectivity index (χ4v) is 2.06. The molecule has 0 bridgehead atoms. The monoisotopic (exact) mass is 284 g/mol. The lowest BCUT2D eigenvalue weighted by Gasteiger charge is -2.16. The van der Waals surface area contributed by atoms with Gasteiger partial charge in [0.25, 0.3) is 0 Å². The smallest absolute Gasteiger partial charge is 0.123 e. The van der Waals surface area contributed by atoms with Crippen LogP contribution < -0.4 is 15.8 Å². The molecule has 1 atom stereocenters. The van der Waals surface area contributed by atoms with E-state index < -0.39 is 0 Å². The molecule has 1 fully saturated rings. The fraction of sp³-hybridized carbons (Fsp3) is 0.500. The Bertz CT molecular complexity index is 366. The summed E-state index contributed by atoms with van der Waals surface area (Å²) in [5.74, 6) is 0.855. The molecule has 1 aromatic carbocycles. The number of halogens is 1. The standard InChI is InChI=1S/C12H17BrN2O/c1-16-12-5-2-8(13)6-10(12)11(14)7-15-9-3-4-9/h2,5-6,9,11,15H,3-4,7,14H2,1H3. The van der Waals surface area contributed by atoms with E-state index >= 15 is 0 Å². The second-order valence-electron chi connectivity index (χ2n) is 4.18. The number of benzene rings is 1. The molecule has 1 saturated carbocycles. The van der Waals surface area contributed by atoms with Gasteiger partial charge in [0.2, 0.25) is 0 Å². The number of rotatable bonds is 5. The number of hydrogen-bond donors (Lipinski definition) is 2. The number of hydrogen-bond acceptors (Lipinski definition) is 3. The third-order valence-electron chi connectivity index (χ3n) is 2.80. The summed E-state index contributed by atoms with van der Waals surface area (Å²) in [5.41, 5.74) is 7.20. The van der Waals surface area contributed by atoms with Crippen LogP contribution in [0.5, 0.6) is 5.75 Å². The zero-order chi connectivity index (χ0) is 11.5. The Balaban J connectivity index is 2.06. The van der Waals surface area contributed by atoms with Gasteiger partial charge in [-0.3, -0.25) is 0 Å². The summed E-state index contributed by atoms with van der Waals surface area (Å²) in [5, 5.41) is 3.43. The largest absolute Gasteiger partial charge is 0.496 e. The molecule has 1 unspecified atom stereocenters. The van der Waals surface area contributed by atoms with E-state index in [2.05, 4.69) is 21.2 Å². The van der Waals surface area contributed by atoms with Crippen molar-refractivity contribution in [3.63, 3.8) is 0 Å². The average Bonchev–Trinajstić information content (AvgIpc) is 3.09. The Morgan fingerprint density at radius 3 is 2.94 bits per heavy atom. The summed E-state index contributed by atoms with van der Waals surface area (Å²) in [6, 6.07) is 6.59. The minimum Gasteiger partial charge on any atom is -0.496 e. The molecule has 0 heterocycles. The molecule has 0 radical (unpaired) electrons. The van der Waals surface area contributed by atoms with Crippen molar-refractivity contribution in [3.8, 4) is 5.75 Å². The zero-order valence-electron chi connectivity index (χ0n) is 9.37. The maximum absolute atomic E-state index is 6.15. The molecule has 16 heavy (non-hydrogen) atoms. The van der Waals surface area contributed by atoms with Crippen LogP contribution >= 0.6 is 15.9 Å². The molecule has 0 amide bonds. The molecule has 0 aromatic heterocycles. The van der Waals surface area contributed by atoms with Crippen LogP contribution in [0.2, 0.25) is 0 Å². The van der Waals surface area contributed by atoms with Gasteiger partial charge in [-0.1, -0.05) is 15.9 Å². The lowest BCUT2D eigenvalue weighted by Crippen LogP contribution is -2.28. The number of ether oxygens (including phenoxy) is 1. The molecule has 88 valence electrons. The van der Waals surface area contributed by atoms with Crippen LogP contribution in [0.1, 0.15) is 24.4 Å². The van der Waals surface area contributed by atoms with Gasteiger partial charge in [0, 0.05) is 28.7 Å². The first kappa shape index (κ1) is 11.9. The summed E-state index contributed by atoms with van der Waals surface area (Å²) in [6.07, 6.45) is 2.56. The molecule has 4 heteroatoms. The lowest BCUT2D eigenvalue weighted by atomic mass is 10.1. The summed E-state index contributed by atoms with van der Waals surface area (Å²) in [6.45, 7) is 0.803. The van der Waals surface area contributed by atoms with Gasteiger partial charge in [-0.05, 0) is 31.0 Å². The number of nitrogens with two attached hydrogens (primary N) is 1. The minimum atomic E-state index is -0.0203. The van der Waals surface area contributed by atoms with Crippen molar-refractivity contribution in [3.05, 3.63) is 28.2 Å². The predicted octanol–water partition coefficient (Wildman–Crippen LogP) is 2.21. The zero-order valence-corrected chi connectivity index (χ0v) is 11.0. The third-order valence-corrected chi connectivity index (χ3v) is 3.29. The van der Waals surface area contributed by atoms with E-state index in [-0.39, 0.29) is 6.04 Å². The summed E-state index contributed by atoms with van der Waals surface area (Å²) < 4.78 is 6.35. The number of nitrogens with one attached hydrogen (secondary N) is 1. The summed E-state index contributed by atoms with van der Waals surface area (Å²) in [4.78, 5) is 0. The molecule has 0 aliphatic heterocycles. The Kier molecular flexibility index (Phi) is 3.84. The van der Waals surface area contributed by atoms with Crippen molar-refractivity contribution in [2.75, 3.05) is 13.7 Å². The van der Waals surface area contributed by atoms with Crippen molar-refractivity contribution < 1.29 is 4.74 Å². The van der Waals surface area contributed by atoms with Gasteiger partial charge >= 0.3 is 0 Å². The normalized spacial score (nSPS) is 17.2. The van der Waals surface area contributed by atoms with E-state index in [0.29, 0.717) is 6.04 Å². The highest BCUT2D eigenvalue weighted by Crippen LogP contribution is 2.28. The topological polar surface area (TPSA) is 47.3 Å². The molecule has 3 N–H and O–H groups in total. The van der Waals surface area contributed by atoms with Crippen molar-refractivity contribution in [2.45, 2.75) is 24.9 Å². The highest BCUT2D eigenvalue weighted by molar-refractivity contribution is 9.10. The SMILES string of the molecule is COc1ccc(Br)cc1C(N)CNC1CC1. The van der Waals surface area contributed by atoms with Crippen LogP contribution in [-0.2, 0) is 0 Å². The van der Waals surface area contributed by atoms with Crippen LogP contribution in [0.15, 0.2) is 22.7 Å². The van der Waals surface area contributed by atoms with E-state index in [1.54, 1.807) is 7.11 Å². The maximum atomic E-state index is 6.15. The Morgan fingerprint density at radius 1 is 1.56 bits per heavy atom. The molecular weight excluding hydrogens is 268 g/mol. The fourth-order valence-electron chi connectivity index (χ4n) is 1.69. The Morgan fingerprint density at radius 2 is 2.31 bits per heavy atom. The summed E-state index contributed by atoms with van der Waals surface area (Å²) >= 11 is 3.45. The molecule has 2 rings (SSSR count). The molecule has 1 aliphatic rings. The van der Waals surface area contributed by atoms with Crippen LogP contribution in [0.25, 0.3) is 0 Å². The van der Waals surface area contributed by atoms with Crippen LogP contribution in [0.3, 0.4) is 0 Å². The van der Waals surface area contributed by atoms with Gasteiger partial charge in [0.05, 0.1) is 7.11 Å². The quantitative estimate of drug-likeness (QED) is 0.872. The van der Waals surface area contributed by atoms with E-state index in [4.69, 9.17) is 10.5 Å². The maximum Gasteiger partial charge on any atom is 0.123 e. The second-order valence-corrected chi connectivity index (χ2v) is 5.09. The molecule has 1 aliphatic carbocycles. The van der Waals surface area contributed by atoms with E-state index in [1.807, 2.05) is 18.2 Å². The molecule has 1 aromatic rings. The van der Waals surface area contributed by atoms with E-state index in [9.17, 15) is 0 Å². The van der Waals surface area contributed by atoms with Gasteiger partial charge < -0.3 is 15.8 Å². The highest BCUT2D eigenvalue weighted by Gasteiger charge is 2.22. The average molecular weight is 285 g/mol. The molecule has 3 nitrogen and oxygen atoms in total. The van der Waals surface area contributed by atoms with Crippen molar-refractivity contribution in [2.24, 2.45) is 5.73 Å². The molecule has 0 saturated heterocycles. The third kappa shape index (κ3) is 2.97. The summed E-state index contributed by atoms with van der Waals surface area (Å²) in [7, 11) is 1.67. The molecule has 0 spiro atoms. The van der Waals surface area contributed by atoms with Gasteiger partial charge in [-0.15, -0.1) is 0 Å². The first-order valence-electron chi connectivity index (χ1n) is 5.53. The Labute approximate surface area is 104 Å². The predicted molar refractivity (Wildman–Crippen MR) is 68.6 cm³/mol. The minimum absolute atomic E-state index is 0.0203. The van der Waals surface area contributed by atoms with Gasteiger partial charge in [0.15, 0.2) is 0 Å². The first-order chi connectivity index (χ1) is 7.70. The van der Waals surface area contributed by atoms with Crippen molar-refractivity contribution >= 4 is 15.9 Å². The highest BCUT2D eigenvalue weighted by atomic mass is 79.9. The van der Waals surface area contributed by atoms with Crippen molar-refractivity contribution in [1.82, 2.24) is 5.32 Å². The Hall–Kier alpha value is -0.580. The van der Waals surface area contributed by atoms with Crippen LogP contribution in [-0.4, -0.2) is 19.7 Å². The van der Waals surface area contributed by atoms with Crippen molar-refractivity contribution in [1.29, 1.82) is 0 Å². The lowest BCUT2D eigenvalue weighted by molar-refractivity contribution is 0.404. The van der Waals surface area contributed by atoms with Crippen LogP contribution in [0.4, 0.5) is 0 Å². The van der Waals surface area contributed by atoms with Gasteiger partial charge in [-0.25, -0.2) is 0 Å². The van der Waals surface area contributed by atoms with Crippen LogP contribution in [0, 0.1) is 0 Å². The van der Waals surface area contributed by atoms with E-state index in [0.717, 1.165) is 22.3 Å². The van der Waals surface area contributed by atoms with E-state index in [1.165, 1.54) is 12.8 Å². The second kappa shape index (κ2) is 5.17.